The number of ether oxygens (including phenoxy) is 2. The van der Waals surface area contributed by atoms with Crippen LogP contribution in [0, 0.1) is 0 Å². The number of anilines is 1. The van der Waals surface area contributed by atoms with E-state index in [-0.39, 0.29) is 17.1 Å². The number of halogens is 1. The molecule has 8 heteroatoms. The molecule has 0 fully saturated rings. The van der Waals surface area contributed by atoms with Crippen LogP contribution in [0.1, 0.15) is 6.42 Å². The van der Waals surface area contributed by atoms with Crippen LogP contribution in [0.25, 0.3) is 0 Å². The van der Waals surface area contributed by atoms with E-state index in [1.165, 1.54) is 24.3 Å². The van der Waals surface area contributed by atoms with Crippen molar-refractivity contribution in [2.75, 3.05) is 18.2 Å². The number of hydrogen-bond donors (Lipinski definition) is 1. The fraction of sp³-hybridized carbons (Fsp3) is 0.136. The van der Waals surface area contributed by atoms with Crippen molar-refractivity contribution in [3.8, 4) is 17.2 Å². The molecule has 3 aromatic carbocycles. The van der Waals surface area contributed by atoms with Gasteiger partial charge in [-0.1, -0.05) is 23.7 Å². The molecule has 1 amide bonds. The first-order chi connectivity index (χ1) is 14.4. The molecule has 0 saturated heterocycles. The smallest absolute Gasteiger partial charge is 0.225 e. The molecule has 156 valence electrons. The molecule has 0 radical (unpaired) electrons. The highest BCUT2D eigenvalue weighted by atomic mass is 35.5. The van der Waals surface area contributed by atoms with Gasteiger partial charge < -0.3 is 14.8 Å². The van der Waals surface area contributed by atoms with E-state index in [1.807, 2.05) is 12.1 Å². The summed E-state index contributed by atoms with van der Waals surface area (Å²) in [6.07, 6.45) is -0.162. The van der Waals surface area contributed by atoms with E-state index in [2.05, 4.69) is 5.32 Å². The van der Waals surface area contributed by atoms with Crippen LogP contribution >= 0.6 is 11.6 Å². The van der Waals surface area contributed by atoms with Crippen LogP contribution in [0.2, 0.25) is 5.02 Å². The lowest BCUT2D eigenvalue weighted by Crippen LogP contribution is -2.17. The van der Waals surface area contributed by atoms with Gasteiger partial charge in [0.2, 0.25) is 5.91 Å². The molecule has 3 aromatic rings. The Kier molecular flexibility index (Phi) is 6.97. The zero-order valence-electron chi connectivity index (χ0n) is 16.2. The number of carbonyl (C=O) groups excluding carboxylic acids is 1. The molecule has 0 atom stereocenters. The molecule has 0 aliphatic heterocycles. The van der Waals surface area contributed by atoms with Gasteiger partial charge >= 0.3 is 0 Å². The van der Waals surface area contributed by atoms with Crippen molar-refractivity contribution in [3.63, 3.8) is 0 Å². The molecule has 0 heterocycles. The molecular weight excluding hydrogens is 426 g/mol. The molecule has 0 bridgehead atoms. The first kappa shape index (κ1) is 21.7. The van der Waals surface area contributed by atoms with Crippen LogP contribution in [0.4, 0.5) is 5.69 Å². The van der Waals surface area contributed by atoms with Crippen molar-refractivity contribution in [2.45, 2.75) is 11.3 Å². The van der Waals surface area contributed by atoms with Crippen molar-refractivity contribution in [2.24, 2.45) is 0 Å². The minimum atomic E-state index is -3.56. The minimum Gasteiger partial charge on any atom is -0.493 e. The van der Waals surface area contributed by atoms with Gasteiger partial charge in [-0.25, -0.2) is 8.42 Å². The van der Waals surface area contributed by atoms with E-state index in [9.17, 15) is 13.2 Å². The first-order valence-corrected chi connectivity index (χ1v) is 11.1. The minimum absolute atomic E-state index is 0.137. The largest absolute Gasteiger partial charge is 0.493 e. The van der Waals surface area contributed by atoms with Crippen molar-refractivity contribution in [3.05, 3.63) is 77.8 Å². The summed E-state index contributed by atoms with van der Waals surface area (Å²) in [6.45, 7) is 0. The summed E-state index contributed by atoms with van der Waals surface area (Å²) in [7, 11) is -2.00. The van der Waals surface area contributed by atoms with Gasteiger partial charge in [-0.15, -0.1) is 0 Å². The standard InChI is InChI=1S/C22H20ClNO5S/c1-28-20-4-2-3-5-21(20)29-18-10-8-17(9-11-18)24-22(25)14-15-30(26,27)19-12-6-16(23)7-13-19/h2-13H,14-15H2,1H3,(H,24,25). The van der Waals surface area contributed by atoms with Gasteiger partial charge in [0.05, 0.1) is 17.8 Å². The summed E-state index contributed by atoms with van der Waals surface area (Å²) in [5.41, 5.74) is 0.538. The molecule has 0 spiro atoms. The second-order valence-electron chi connectivity index (χ2n) is 6.35. The van der Waals surface area contributed by atoms with Crippen molar-refractivity contribution in [1.29, 1.82) is 0 Å². The highest BCUT2D eigenvalue weighted by Crippen LogP contribution is 2.31. The molecule has 0 saturated carbocycles. The summed E-state index contributed by atoms with van der Waals surface area (Å²) in [6, 6.07) is 19.9. The molecular formula is C22H20ClNO5S. The maximum Gasteiger partial charge on any atom is 0.225 e. The number of carbonyl (C=O) groups is 1. The second kappa shape index (κ2) is 9.65. The van der Waals surface area contributed by atoms with E-state index in [0.29, 0.717) is 28.0 Å². The van der Waals surface area contributed by atoms with E-state index >= 15 is 0 Å². The number of para-hydroxylation sites is 2. The third kappa shape index (κ3) is 5.75. The zero-order chi connectivity index (χ0) is 21.6. The lowest BCUT2D eigenvalue weighted by Gasteiger charge is -2.11. The Morgan fingerprint density at radius 1 is 0.933 bits per heavy atom. The van der Waals surface area contributed by atoms with Gasteiger partial charge in [-0.05, 0) is 60.7 Å². The summed E-state index contributed by atoms with van der Waals surface area (Å²) < 4.78 is 35.7. The van der Waals surface area contributed by atoms with Crippen molar-refractivity contribution >= 4 is 33.0 Å². The molecule has 0 aliphatic carbocycles. The molecule has 1 N–H and O–H groups in total. The van der Waals surface area contributed by atoms with E-state index in [4.69, 9.17) is 21.1 Å². The van der Waals surface area contributed by atoms with Gasteiger partial charge in [-0.2, -0.15) is 0 Å². The lowest BCUT2D eigenvalue weighted by molar-refractivity contribution is -0.115. The third-order valence-electron chi connectivity index (χ3n) is 4.21. The zero-order valence-corrected chi connectivity index (χ0v) is 17.7. The van der Waals surface area contributed by atoms with Gasteiger partial charge in [0.25, 0.3) is 0 Å². The Morgan fingerprint density at radius 2 is 1.57 bits per heavy atom. The van der Waals surface area contributed by atoms with E-state index in [0.717, 1.165) is 0 Å². The molecule has 0 aromatic heterocycles. The Balaban J connectivity index is 1.56. The molecule has 0 aliphatic rings. The highest BCUT2D eigenvalue weighted by Gasteiger charge is 2.16. The average Bonchev–Trinajstić information content (AvgIpc) is 2.74. The number of methoxy groups -OCH3 is 1. The first-order valence-electron chi connectivity index (χ1n) is 9.06. The third-order valence-corrected chi connectivity index (χ3v) is 6.19. The van der Waals surface area contributed by atoms with Gasteiger partial charge in [0.1, 0.15) is 5.75 Å². The summed E-state index contributed by atoms with van der Waals surface area (Å²) in [5.74, 6) is 1.06. The number of nitrogens with one attached hydrogen (secondary N) is 1. The maximum atomic E-state index is 12.3. The Labute approximate surface area is 180 Å². The average molecular weight is 446 g/mol. The molecule has 3 rings (SSSR count). The normalized spacial score (nSPS) is 11.0. The SMILES string of the molecule is COc1ccccc1Oc1ccc(NC(=O)CCS(=O)(=O)c2ccc(Cl)cc2)cc1. The van der Waals surface area contributed by atoms with Crippen LogP contribution < -0.4 is 14.8 Å². The van der Waals surface area contributed by atoms with Crippen LogP contribution in [0.15, 0.2) is 77.7 Å². The maximum absolute atomic E-state index is 12.3. The van der Waals surface area contributed by atoms with Gasteiger partial charge in [0, 0.05) is 17.1 Å². The predicted octanol–water partition coefficient (Wildman–Crippen LogP) is 4.94. The number of benzene rings is 3. The summed E-state index contributed by atoms with van der Waals surface area (Å²) in [4.78, 5) is 12.3. The summed E-state index contributed by atoms with van der Waals surface area (Å²) >= 11 is 5.78. The summed E-state index contributed by atoms with van der Waals surface area (Å²) in [5, 5.41) is 3.13. The Morgan fingerprint density at radius 3 is 2.20 bits per heavy atom. The topological polar surface area (TPSA) is 81.7 Å². The second-order valence-corrected chi connectivity index (χ2v) is 8.89. The van der Waals surface area contributed by atoms with Crippen molar-refractivity contribution in [1.82, 2.24) is 0 Å². The highest BCUT2D eigenvalue weighted by molar-refractivity contribution is 7.91. The lowest BCUT2D eigenvalue weighted by atomic mass is 10.3. The number of hydrogen-bond acceptors (Lipinski definition) is 5. The van der Waals surface area contributed by atoms with E-state index < -0.39 is 15.7 Å². The van der Waals surface area contributed by atoms with Crippen molar-refractivity contribution < 1.29 is 22.7 Å². The molecule has 6 nitrogen and oxygen atoms in total. The predicted molar refractivity (Wildman–Crippen MR) is 116 cm³/mol. The number of sulfone groups is 1. The van der Waals surface area contributed by atoms with Gasteiger partial charge in [0.15, 0.2) is 21.3 Å². The van der Waals surface area contributed by atoms with Crippen LogP contribution in [0.5, 0.6) is 17.2 Å². The number of amides is 1. The van der Waals surface area contributed by atoms with Crippen LogP contribution in [0.3, 0.4) is 0 Å². The monoisotopic (exact) mass is 445 g/mol. The van der Waals surface area contributed by atoms with E-state index in [1.54, 1.807) is 43.5 Å². The van der Waals surface area contributed by atoms with Crippen LogP contribution in [-0.2, 0) is 14.6 Å². The van der Waals surface area contributed by atoms with Gasteiger partial charge in [-0.3, -0.25) is 4.79 Å². The molecule has 0 unspecified atom stereocenters. The fourth-order valence-corrected chi connectivity index (χ4v) is 4.01. The Hall–Kier alpha value is -3.03. The molecule has 30 heavy (non-hydrogen) atoms. The number of rotatable bonds is 8. The fourth-order valence-electron chi connectivity index (χ4n) is 2.65. The Bertz CT molecular complexity index is 1110. The quantitative estimate of drug-likeness (QED) is 0.530. The van der Waals surface area contributed by atoms with Crippen LogP contribution in [-0.4, -0.2) is 27.2 Å².